The first-order valence-electron chi connectivity index (χ1n) is 11.9. The summed E-state index contributed by atoms with van der Waals surface area (Å²) in [6, 6.07) is 2.89. The number of amides is 1. The third-order valence-corrected chi connectivity index (χ3v) is 6.27. The van der Waals surface area contributed by atoms with Gasteiger partial charge in [-0.25, -0.2) is 18.9 Å². The Kier molecular flexibility index (Phi) is 23.0. The van der Waals surface area contributed by atoms with Crippen LogP contribution in [-0.4, -0.2) is 50.6 Å². The molecule has 200 valence electrons. The summed E-state index contributed by atoms with van der Waals surface area (Å²) in [5.41, 5.74) is 0.566. The van der Waals surface area contributed by atoms with Crippen LogP contribution >= 0.6 is 11.6 Å². The van der Waals surface area contributed by atoms with Gasteiger partial charge in [0.15, 0.2) is 0 Å². The Morgan fingerprint density at radius 1 is 1.39 bits per heavy atom. The minimum atomic E-state index is -3.04. The van der Waals surface area contributed by atoms with Crippen molar-refractivity contribution in [1.29, 1.82) is 0 Å². The number of allylic oxidation sites excluding steroid dienone is 2. The van der Waals surface area contributed by atoms with Gasteiger partial charge in [-0.2, -0.15) is 23.6 Å². The molecule has 1 N–H and O–H groups in total. The van der Waals surface area contributed by atoms with Gasteiger partial charge in [-0.3, -0.25) is 9.78 Å². The van der Waals surface area contributed by atoms with Crippen LogP contribution in [0.2, 0.25) is 0 Å². The first-order valence-corrected chi connectivity index (χ1v) is 14.3. The van der Waals surface area contributed by atoms with Gasteiger partial charge in [0, 0.05) is 19.3 Å². The predicted molar refractivity (Wildman–Crippen MR) is 140 cm³/mol. The van der Waals surface area contributed by atoms with Crippen molar-refractivity contribution in [1.82, 2.24) is 10.3 Å². The van der Waals surface area contributed by atoms with Gasteiger partial charge in [0.05, 0.1) is 24.6 Å². The van der Waals surface area contributed by atoms with E-state index in [2.05, 4.69) is 49.8 Å². The van der Waals surface area contributed by atoms with Crippen molar-refractivity contribution >= 4 is 27.3 Å². The molecule has 1 aliphatic heterocycles. The predicted octanol–water partition coefficient (Wildman–Crippen LogP) is 2.28. The minimum Gasteiger partial charge on any atom is -0.478 e. The van der Waals surface area contributed by atoms with Gasteiger partial charge in [-0.1, -0.05) is 52.9 Å². The largest absolute Gasteiger partial charge is 1.00 e. The number of ether oxygens (including phenoxy) is 1. The van der Waals surface area contributed by atoms with E-state index in [0.717, 1.165) is 23.9 Å². The summed E-state index contributed by atoms with van der Waals surface area (Å²) >= 11 is 5.81. The van der Waals surface area contributed by atoms with Crippen molar-refractivity contribution < 1.29 is 73.7 Å². The molecule has 36 heavy (non-hydrogen) atoms. The third kappa shape index (κ3) is 20.9. The summed E-state index contributed by atoms with van der Waals surface area (Å²) in [5, 5.41) is 3.54. The van der Waals surface area contributed by atoms with Crippen molar-refractivity contribution in [3.8, 4) is 0 Å². The Balaban J connectivity index is 0. The average Bonchev–Trinajstić information content (AvgIpc) is 3.30. The van der Waals surface area contributed by atoms with Crippen LogP contribution in [0.5, 0.6) is 0 Å². The van der Waals surface area contributed by atoms with E-state index in [1.807, 2.05) is 6.92 Å². The van der Waals surface area contributed by atoms with Crippen LogP contribution in [0.1, 0.15) is 65.5 Å². The van der Waals surface area contributed by atoms with E-state index in [1.165, 1.54) is 31.4 Å². The van der Waals surface area contributed by atoms with Crippen LogP contribution in [0.4, 0.5) is 4.39 Å². The van der Waals surface area contributed by atoms with Crippen LogP contribution in [0.3, 0.4) is 0 Å². The van der Waals surface area contributed by atoms with E-state index in [1.54, 1.807) is 0 Å². The number of nitrogens with zero attached hydrogens (tertiary/aromatic N) is 1. The number of carbonyl (C=O) groups is 1. The molecule has 10 heteroatoms. The maximum Gasteiger partial charge on any atom is 1.00 e. The zero-order valence-electron chi connectivity index (χ0n) is 22.6. The molecule has 1 amide bonds. The molecule has 1 saturated heterocycles. The molecule has 2 rings (SSSR count). The molecule has 0 bridgehead atoms. The van der Waals surface area contributed by atoms with E-state index >= 15 is 0 Å². The molecule has 2 heterocycles. The van der Waals surface area contributed by atoms with Gasteiger partial charge in [0.2, 0.25) is 5.91 Å². The van der Waals surface area contributed by atoms with Gasteiger partial charge >= 0.3 is 51.4 Å². The number of pyridine rings is 1. The first-order chi connectivity index (χ1) is 16.4. The normalized spacial score (nSPS) is 16.8. The first kappa shape index (κ1) is 38.0. The molecule has 6 nitrogen and oxygen atoms in total. The molecule has 0 aliphatic carbocycles. The van der Waals surface area contributed by atoms with Crippen LogP contribution < -0.4 is 56.7 Å². The molecule has 1 fully saturated rings. The Morgan fingerprint density at radius 3 is 2.47 bits per heavy atom. The molecule has 0 spiro atoms. The molecular formula is C26H40ClFKN2O4S-. The quantitative estimate of drug-likeness (QED) is 0.345. The number of nitrogens with one attached hydrogen (secondary N) is 1. The molecule has 0 aromatic carbocycles. The molecule has 1 aromatic heterocycles. The van der Waals surface area contributed by atoms with Crippen molar-refractivity contribution in [2.24, 2.45) is 11.8 Å². The van der Waals surface area contributed by atoms with Gasteiger partial charge in [0.25, 0.3) is 0 Å². The fourth-order valence-corrected chi connectivity index (χ4v) is 3.75. The van der Waals surface area contributed by atoms with E-state index in [-0.39, 0.29) is 81.3 Å². The SMILES string of the molecule is C=[C-]c1ccc(F)cn1.CCC[C@@H]([C-]=C(C)Cl)[C@@H](C)CC.CS(=O)(=O)CCC(=O)N[C@@H]1CCOC1.[K+]. The fraction of sp³-hybridized carbons (Fsp3) is 0.615. The number of hydrogen-bond acceptors (Lipinski definition) is 5. The molecule has 3 atom stereocenters. The second-order valence-electron chi connectivity index (χ2n) is 8.50. The number of carbonyl (C=O) groups excluding carboxylic acids is 1. The monoisotopic (exact) mass is 569 g/mol. The minimum absolute atomic E-state index is 0. The average molecular weight is 570 g/mol. The maximum absolute atomic E-state index is 12.1. The molecule has 0 saturated carbocycles. The summed E-state index contributed by atoms with van der Waals surface area (Å²) in [5.74, 6) is 0.614. The maximum atomic E-state index is 12.1. The number of hydrogen-bond donors (Lipinski definition) is 1. The van der Waals surface area contributed by atoms with Gasteiger partial charge in [-0.05, 0) is 6.42 Å². The Hall–Kier alpha value is -0.134. The van der Waals surface area contributed by atoms with Crippen molar-refractivity contribution in [2.45, 2.75) is 65.8 Å². The number of rotatable bonds is 10. The summed E-state index contributed by atoms with van der Waals surface area (Å²) in [6.45, 7) is 13.2. The third-order valence-electron chi connectivity index (χ3n) is 5.22. The Morgan fingerprint density at radius 2 is 2.06 bits per heavy atom. The summed E-state index contributed by atoms with van der Waals surface area (Å²) in [6.07, 6.45) is 12.6. The second kappa shape index (κ2) is 21.8. The molecular weight excluding hydrogens is 530 g/mol. The fourth-order valence-electron chi connectivity index (χ4n) is 3.06. The molecule has 0 radical (unpaired) electrons. The topological polar surface area (TPSA) is 85.4 Å². The number of sulfone groups is 1. The van der Waals surface area contributed by atoms with Gasteiger partial charge in [-0.15, -0.1) is 23.4 Å². The van der Waals surface area contributed by atoms with Crippen molar-refractivity contribution in [2.75, 3.05) is 25.2 Å². The van der Waals surface area contributed by atoms with E-state index < -0.39 is 9.84 Å². The van der Waals surface area contributed by atoms with Crippen LogP contribution in [0, 0.1) is 29.8 Å². The van der Waals surface area contributed by atoms with E-state index in [0.29, 0.717) is 30.7 Å². The zero-order valence-corrected chi connectivity index (χ0v) is 27.3. The zero-order chi connectivity index (χ0) is 26.9. The number of aromatic nitrogens is 1. The Bertz CT molecular complexity index is 872. The molecule has 1 aliphatic rings. The molecule has 0 unspecified atom stereocenters. The summed E-state index contributed by atoms with van der Waals surface area (Å²) < 4.78 is 38.7. The summed E-state index contributed by atoms with van der Waals surface area (Å²) in [7, 11) is -3.04. The van der Waals surface area contributed by atoms with Crippen LogP contribution in [0.25, 0.3) is 0 Å². The summed E-state index contributed by atoms with van der Waals surface area (Å²) in [4.78, 5) is 14.9. The van der Waals surface area contributed by atoms with E-state index in [9.17, 15) is 17.6 Å². The standard InChI is InChI=1S/C11H20Cl.C8H15NO4S.C7H5FN.K/c1-5-7-11(8-10(4)12)9(3)6-2;1-14(11,12)5-3-8(10)9-7-2-4-13-6-7;1-2-7-4-3-6(8)5-9-7;/h9,11H,5-7H2,1-4H3;7H,2-6H2,1H3,(H,9,10);3-5H,1H2;/q-1;;-1;+1/t9-,11-;7-;;/m01../s1. The smallest absolute Gasteiger partial charge is 0.478 e. The number of halogens is 2. The van der Waals surface area contributed by atoms with Gasteiger partial charge < -0.3 is 16.1 Å². The molecule has 1 aromatic rings. The Labute approximate surface area is 265 Å². The van der Waals surface area contributed by atoms with Crippen molar-refractivity contribution in [3.63, 3.8) is 0 Å². The van der Waals surface area contributed by atoms with Crippen LogP contribution in [0.15, 0.2) is 29.9 Å². The van der Waals surface area contributed by atoms with Crippen LogP contribution in [-0.2, 0) is 19.4 Å². The second-order valence-corrected chi connectivity index (χ2v) is 11.3. The van der Waals surface area contributed by atoms with Gasteiger partial charge in [0.1, 0.15) is 15.7 Å². The van der Waals surface area contributed by atoms with Crippen molar-refractivity contribution in [3.05, 3.63) is 53.6 Å². The van der Waals surface area contributed by atoms with E-state index in [4.69, 9.17) is 16.3 Å².